The molecular formula is C16H18Br2. The van der Waals surface area contributed by atoms with E-state index in [0.717, 1.165) is 0 Å². The van der Waals surface area contributed by atoms with Crippen LogP contribution >= 0.6 is 31.9 Å². The van der Waals surface area contributed by atoms with Crippen LogP contribution in [0.5, 0.6) is 0 Å². The quantitative estimate of drug-likeness (QED) is 0.523. The fraction of sp³-hybridized carbons (Fsp3) is 0.250. The second-order valence-corrected chi connectivity index (χ2v) is 6.07. The smallest absolute Gasteiger partial charge is 0.0207 e. The third kappa shape index (κ3) is 4.25. The monoisotopic (exact) mass is 368 g/mol. The van der Waals surface area contributed by atoms with Gasteiger partial charge in [0, 0.05) is 8.95 Å². The van der Waals surface area contributed by atoms with Crippen LogP contribution in [0.2, 0.25) is 0 Å². The van der Waals surface area contributed by atoms with Gasteiger partial charge in [0.15, 0.2) is 0 Å². The number of benzene rings is 2. The van der Waals surface area contributed by atoms with Gasteiger partial charge in [-0.1, -0.05) is 56.1 Å². The van der Waals surface area contributed by atoms with Gasteiger partial charge in [0.25, 0.3) is 0 Å². The minimum Gasteiger partial charge on any atom is -0.0609 e. The van der Waals surface area contributed by atoms with Gasteiger partial charge >= 0.3 is 0 Å². The second-order valence-electron chi connectivity index (χ2n) is 4.36. The average Bonchev–Trinajstić information content (AvgIpc) is 2.34. The largest absolute Gasteiger partial charge is 0.0609 e. The van der Waals surface area contributed by atoms with Crippen LogP contribution in [-0.2, 0) is 0 Å². The lowest BCUT2D eigenvalue weighted by Gasteiger charge is -1.99. The van der Waals surface area contributed by atoms with Crippen molar-refractivity contribution in [2.45, 2.75) is 27.7 Å². The van der Waals surface area contributed by atoms with Crippen molar-refractivity contribution in [3.8, 4) is 0 Å². The van der Waals surface area contributed by atoms with Crippen molar-refractivity contribution in [3.63, 3.8) is 0 Å². The maximum atomic E-state index is 3.45. The molecule has 0 aliphatic heterocycles. The Bertz CT molecular complexity index is 441. The average molecular weight is 370 g/mol. The molecule has 18 heavy (non-hydrogen) atoms. The summed E-state index contributed by atoms with van der Waals surface area (Å²) in [5.74, 6) is 0. The van der Waals surface area contributed by atoms with Gasteiger partial charge in [-0.15, -0.1) is 0 Å². The SMILES string of the molecule is Cc1cccc(Br)c1C.Cc1cccc(Br)c1C. The van der Waals surface area contributed by atoms with Gasteiger partial charge < -0.3 is 0 Å². The fourth-order valence-electron chi connectivity index (χ4n) is 1.43. The van der Waals surface area contributed by atoms with Crippen LogP contribution in [0.4, 0.5) is 0 Å². The fourth-order valence-corrected chi connectivity index (χ4v) is 2.36. The third-order valence-electron chi connectivity index (χ3n) is 3.08. The summed E-state index contributed by atoms with van der Waals surface area (Å²) in [5.41, 5.74) is 5.34. The molecule has 0 nitrogen and oxygen atoms in total. The minimum absolute atomic E-state index is 1.20. The molecule has 2 rings (SSSR count). The van der Waals surface area contributed by atoms with Gasteiger partial charge in [-0.3, -0.25) is 0 Å². The molecule has 0 saturated heterocycles. The summed E-state index contributed by atoms with van der Waals surface area (Å²) in [6.07, 6.45) is 0. The van der Waals surface area contributed by atoms with Crippen LogP contribution in [0, 0.1) is 27.7 Å². The molecule has 2 heteroatoms. The highest BCUT2D eigenvalue weighted by Crippen LogP contribution is 2.18. The van der Waals surface area contributed by atoms with Crippen molar-refractivity contribution in [1.29, 1.82) is 0 Å². The molecule has 0 atom stereocenters. The molecule has 0 fully saturated rings. The third-order valence-corrected chi connectivity index (χ3v) is 4.80. The van der Waals surface area contributed by atoms with Gasteiger partial charge in [0.1, 0.15) is 0 Å². The van der Waals surface area contributed by atoms with E-state index in [1.807, 2.05) is 12.1 Å². The van der Waals surface area contributed by atoms with Crippen LogP contribution < -0.4 is 0 Å². The van der Waals surface area contributed by atoms with Crippen LogP contribution in [0.15, 0.2) is 45.3 Å². The molecule has 96 valence electrons. The van der Waals surface area contributed by atoms with Crippen molar-refractivity contribution in [1.82, 2.24) is 0 Å². The zero-order valence-corrected chi connectivity index (χ0v) is 14.4. The minimum atomic E-state index is 1.20. The van der Waals surface area contributed by atoms with Crippen LogP contribution in [0.3, 0.4) is 0 Å². The van der Waals surface area contributed by atoms with E-state index in [0.29, 0.717) is 0 Å². The summed E-state index contributed by atoms with van der Waals surface area (Å²) >= 11 is 6.89. The lowest BCUT2D eigenvalue weighted by atomic mass is 10.1. The van der Waals surface area contributed by atoms with Crippen LogP contribution in [0.1, 0.15) is 22.3 Å². The second kappa shape index (κ2) is 7.10. The molecule has 0 N–H and O–H groups in total. The molecule has 0 amide bonds. The van der Waals surface area contributed by atoms with E-state index in [-0.39, 0.29) is 0 Å². The van der Waals surface area contributed by atoms with E-state index >= 15 is 0 Å². The molecule has 0 aliphatic carbocycles. The van der Waals surface area contributed by atoms with Crippen LogP contribution in [-0.4, -0.2) is 0 Å². The van der Waals surface area contributed by atoms with Gasteiger partial charge in [-0.2, -0.15) is 0 Å². The Labute approximate surface area is 127 Å². The predicted octanol–water partition coefficient (Wildman–Crippen LogP) is 6.13. The van der Waals surface area contributed by atoms with E-state index < -0.39 is 0 Å². The molecule has 0 aliphatic rings. The Morgan fingerprint density at radius 3 is 1.17 bits per heavy atom. The number of hydrogen-bond donors (Lipinski definition) is 0. The van der Waals surface area contributed by atoms with Gasteiger partial charge in [0.2, 0.25) is 0 Å². The Morgan fingerprint density at radius 1 is 0.611 bits per heavy atom. The van der Waals surface area contributed by atoms with Crippen LogP contribution in [0.25, 0.3) is 0 Å². The number of aryl methyl sites for hydroxylation is 2. The highest BCUT2D eigenvalue weighted by molar-refractivity contribution is 9.10. The maximum Gasteiger partial charge on any atom is 0.0207 e. The summed E-state index contributed by atoms with van der Waals surface area (Å²) in [4.78, 5) is 0. The summed E-state index contributed by atoms with van der Waals surface area (Å²) in [6, 6.07) is 12.4. The Morgan fingerprint density at radius 2 is 0.944 bits per heavy atom. The lowest BCUT2D eigenvalue weighted by Crippen LogP contribution is -1.79. The first-order valence-electron chi connectivity index (χ1n) is 5.87. The van der Waals surface area contributed by atoms with E-state index in [9.17, 15) is 0 Å². The van der Waals surface area contributed by atoms with Crippen molar-refractivity contribution in [2.75, 3.05) is 0 Å². The Balaban J connectivity index is 0.000000180. The van der Waals surface area contributed by atoms with Gasteiger partial charge in [-0.25, -0.2) is 0 Å². The highest BCUT2D eigenvalue weighted by Gasteiger charge is 1.94. The van der Waals surface area contributed by atoms with Gasteiger partial charge in [0.05, 0.1) is 0 Å². The van der Waals surface area contributed by atoms with Crippen molar-refractivity contribution in [3.05, 3.63) is 67.6 Å². The molecule has 0 spiro atoms. The molecule has 0 bridgehead atoms. The summed E-state index contributed by atoms with van der Waals surface area (Å²) in [7, 11) is 0. The molecule has 0 unspecified atom stereocenters. The first-order valence-corrected chi connectivity index (χ1v) is 7.45. The molecular weight excluding hydrogens is 352 g/mol. The summed E-state index contributed by atoms with van der Waals surface area (Å²) in [6.45, 7) is 8.44. The number of rotatable bonds is 0. The topological polar surface area (TPSA) is 0 Å². The zero-order chi connectivity index (χ0) is 13.7. The number of hydrogen-bond acceptors (Lipinski definition) is 0. The van der Waals surface area contributed by atoms with Crippen molar-refractivity contribution in [2.24, 2.45) is 0 Å². The highest BCUT2D eigenvalue weighted by atomic mass is 79.9. The lowest BCUT2D eigenvalue weighted by molar-refractivity contribution is 1.32. The van der Waals surface area contributed by atoms with E-state index in [4.69, 9.17) is 0 Å². The summed E-state index contributed by atoms with van der Waals surface area (Å²) < 4.78 is 2.39. The number of halogens is 2. The normalized spacial score (nSPS) is 9.67. The van der Waals surface area contributed by atoms with Gasteiger partial charge in [-0.05, 0) is 62.1 Å². The molecule has 2 aromatic rings. The van der Waals surface area contributed by atoms with Crippen molar-refractivity contribution < 1.29 is 0 Å². The molecule has 0 aromatic heterocycles. The molecule has 0 saturated carbocycles. The molecule has 0 heterocycles. The van der Waals surface area contributed by atoms with E-state index in [1.54, 1.807) is 0 Å². The maximum absolute atomic E-state index is 3.45. The van der Waals surface area contributed by atoms with E-state index in [1.165, 1.54) is 31.2 Å². The molecule has 2 aromatic carbocycles. The predicted molar refractivity (Wildman–Crippen MR) is 87.2 cm³/mol. The first kappa shape index (κ1) is 15.5. The molecule has 0 radical (unpaired) electrons. The van der Waals surface area contributed by atoms with Crippen molar-refractivity contribution >= 4 is 31.9 Å². The summed E-state index contributed by atoms with van der Waals surface area (Å²) in [5, 5.41) is 0. The standard InChI is InChI=1S/2C8H9Br/c2*1-6-4-3-5-8(9)7(6)2/h2*3-5H,1-2H3. The zero-order valence-electron chi connectivity index (χ0n) is 11.2. The Kier molecular flexibility index (Phi) is 6.10. The first-order chi connectivity index (χ1) is 8.43. The van der Waals surface area contributed by atoms with E-state index in [2.05, 4.69) is 83.8 Å². The Hall–Kier alpha value is -0.600.